The molecule has 0 N–H and O–H groups in total. The lowest BCUT2D eigenvalue weighted by Crippen LogP contribution is -2.32. The van der Waals surface area contributed by atoms with Crippen LogP contribution in [-0.4, -0.2) is 32.8 Å². The van der Waals surface area contributed by atoms with Gasteiger partial charge in [-0.2, -0.15) is 5.10 Å². The van der Waals surface area contributed by atoms with E-state index in [1.807, 2.05) is 37.3 Å². The predicted octanol–water partition coefficient (Wildman–Crippen LogP) is 3.59. The van der Waals surface area contributed by atoms with Crippen molar-refractivity contribution in [2.24, 2.45) is 7.05 Å². The zero-order valence-corrected chi connectivity index (χ0v) is 16.6. The lowest BCUT2D eigenvalue weighted by molar-refractivity contribution is 0.0975. The largest absolute Gasteiger partial charge is 0.494 e. The minimum Gasteiger partial charge on any atom is -0.494 e. The van der Waals surface area contributed by atoms with Gasteiger partial charge in [0.05, 0.1) is 24.0 Å². The Balaban J connectivity index is 1.83. The Hall–Kier alpha value is -3.26. The molecule has 0 aliphatic carbocycles. The van der Waals surface area contributed by atoms with Crippen LogP contribution in [0.15, 0.2) is 48.8 Å². The zero-order valence-electron chi connectivity index (χ0n) is 15.8. The first kappa shape index (κ1) is 18.1. The van der Waals surface area contributed by atoms with Crippen LogP contribution in [0, 0.1) is 6.92 Å². The molecule has 8 heteroatoms. The molecule has 3 aromatic heterocycles. The standard InChI is InChI=1S/C20H19N5O2S/c1-13-7-8-16(27-3)17-18(13)28-20(23-17)25(12-14-6-4-5-10-21-14)19(26)15-9-11-22-24(15)2/h4-11H,12H2,1-3H3. The number of amides is 1. The van der Waals surface area contributed by atoms with Crippen LogP contribution in [0.1, 0.15) is 21.7 Å². The van der Waals surface area contributed by atoms with Crippen LogP contribution in [0.25, 0.3) is 10.2 Å². The Bertz CT molecular complexity index is 1140. The van der Waals surface area contributed by atoms with Crippen molar-refractivity contribution in [3.05, 3.63) is 65.7 Å². The van der Waals surface area contributed by atoms with Gasteiger partial charge in [-0.25, -0.2) is 4.98 Å². The fraction of sp³-hybridized carbons (Fsp3) is 0.200. The van der Waals surface area contributed by atoms with Crippen LogP contribution >= 0.6 is 11.3 Å². The van der Waals surface area contributed by atoms with E-state index in [-0.39, 0.29) is 5.91 Å². The summed E-state index contributed by atoms with van der Waals surface area (Å²) in [6.07, 6.45) is 3.32. The van der Waals surface area contributed by atoms with Gasteiger partial charge < -0.3 is 4.74 Å². The summed E-state index contributed by atoms with van der Waals surface area (Å²) in [5.41, 5.74) is 3.11. The number of hydrogen-bond acceptors (Lipinski definition) is 6. The van der Waals surface area contributed by atoms with Crippen LogP contribution < -0.4 is 9.64 Å². The number of nitrogens with zero attached hydrogens (tertiary/aromatic N) is 5. The van der Waals surface area contributed by atoms with E-state index in [1.54, 1.807) is 42.2 Å². The predicted molar refractivity (Wildman–Crippen MR) is 109 cm³/mol. The summed E-state index contributed by atoms with van der Waals surface area (Å²) >= 11 is 1.47. The van der Waals surface area contributed by atoms with Crippen molar-refractivity contribution < 1.29 is 9.53 Å². The molecule has 0 radical (unpaired) electrons. The van der Waals surface area contributed by atoms with Gasteiger partial charge in [0.25, 0.3) is 5.91 Å². The van der Waals surface area contributed by atoms with Crippen molar-refractivity contribution in [3.8, 4) is 5.75 Å². The molecule has 28 heavy (non-hydrogen) atoms. The second kappa shape index (κ2) is 7.40. The number of hydrogen-bond donors (Lipinski definition) is 0. The van der Waals surface area contributed by atoms with Crippen molar-refractivity contribution in [2.75, 3.05) is 12.0 Å². The molecular formula is C20H19N5O2S. The van der Waals surface area contributed by atoms with Gasteiger partial charge >= 0.3 is 0 Å². The highest BCUT2D eigenvalue weighted by Crippen LogP contribution is 2.37. The number of aryl methyl sites for hydroxylation is 2. The van der Waals surface area contributed by atoms with Gasteiger partial charge in [-0.15, -0.1) is 0 Å². The Kier molecular flexibility index (Phi) is 4.79. The fourth-order valence-electron chi connectivity index (χ4n) is 2.98. The average Bonchev–Trinajstić information content (AvgIpc) is 3.34. The van der Waals surface area contributed by atoms with E-state index < -0.39 is 0 Å². The molecule has 0 saturated heterocycles. The van der Waals surface area contributed by atoms with Crippen LogP contribution in [0.4, 0.5) is 5.13 Å². The molecule has 0 bridgehead atoms. The number of ether oxygens (including phenoxy) is 1. The van der Waals surface area contributed by atoms with Crippen LogP contribution in [0.3, 0.4) is 0 Å². The van der Waals surface area contributed by atoms with Crippen molar-refractivity contribution in [1.82, 2.24) is 19.7 Å². The Morgan fingerprint density at radius 1 is 1.21 bits per heavy atom. The Labute approximate surface area is 166 Å². The topological polar surface area (TPSA) is 73.1 Å². The normalized spacial score (nSPS) is 11.0. The Morgan fingerprint density at radius 3 is 2.75 bits per heavy atom. The molecule has 0 atom stereocenters. The molecule has 1 amide bonds. The minimum absolute atomic E-state index is 0.179. The van der Waals surface area contributed by atoms with Crippen molar-refractivity contribution in [3.63, 3.8) is 0 Å². The number of pyridine rings is 1. The summed E-state index contributed by atoms with van der Waals surface area (Å²) in [6.45, 7) is 2.34. The molecule has 7 nitrogen and oxygen atoms in total. The molecule has 4 rings (SSSR count). The summed E-state index contributed by atoms with van der Waals surface area (Å²) in [5.74, 6) is 0.509. The van der Waals surface area contributed by atoms with E-state index in [0.717, 1.165) is 21.5 Å². The molecule has 1 aromatic carbocycles. The molecule has 0 aliphatic heterocycles. The maximum Gasteiger partial charge on any atom is 0.278 e. The number of benzene rings is 1. The molecule has 0 aliphatic rings. The highest BCUT2D eigenvalue weighted by Gasteiger charge is 2.25. The SMILES string of the molecule is COc1ccc(C)c2sc(N(Cc3ccccn3)C(=O)c3ccnn3C)nc12. The molecule has 4 aromatic rings. The van der Waals surface area contributed by atoms with Crippen LogP contribution in [0.5, 0.6) is 5.75 Å². The van der Waals surface area contributed by atoms with Gasteiger partial charge in [0.15, 0.2) is 5.13 Å². The van der Waals surface area contributed by atoms with Crippen molar-refractivity contribution in [2.45, 2.75) is 13.5 Å². The lowest BCUT2D eigenvalue weighted by Gasteiger charge is -2.19. The van der Waals surface area contributed by atoms with E-state index in [9.17, 15) is 4.79 Å². The van der Waals surface area contributed by atoms with E-state index in [1.165, 1.54) is 11.3 Å². The Morgan fingerprint density at radius 2 is 2.07 bits per heavy atom. The van der Waals surface area contributed by atoms with Crippen LogP contribution in [0.2, 0.25) is 0 Å². The van der Waals surface area contributed by atoms with Crippen LogP contribution in [-0.2, 0) is 13.6 Å². The first-order valence-corrected chi connectivity index (χ1v) is 9.54. The number of carbonyl (C=O) groups excluding carboxylic acids is 1. The monoisotopic (exact) mass is 393 g/mol. The number of carbonyl (C=O) groups is 1. The molecular weight excluding hydrogens is 374 g/mol. The van der Waals surface area contributed by atoms with E-state index in [4.69, 9.17) is 9.72 Å². The van der Waals surface area contributed by atoms with Gasteiger partial charge in [-0.3, -0.25) is 19.4 Å². The third kappa shape index (κ3) is 3.22. The summed E-state index contributed by atoms with van der Waals surface area (Å²) < 4.78 is 8.02. The molecule has 142 valence electrons. The summed E-state index contributed by atoms with van der Waals surface area (Å²) in [7, 11) is 3.37. The minimum atomic E-state index is -0.179. The summed E-state index contributed by atoms with van der Waals surface area (Å²) in [4.78, 5) is 24.1. The lowest BCUT2D eigenvalue weighted by atomic mass is 10.2. The first-order valence-electron chi connectivity index (χ1n) is 8.72. The highest BCUT2D eigenvalue weighted by molar-refractivity contribution is 7.22. The summed E-state index contributed by atoms with van der Waals surface area (Å²) in [5, 5.41) is 4.72. The molecule has 0 saturated carbocycles. The van der Waals surface area contributed by atoms with Gasteiger partial charge in [0, 0.05) is 19.4 Å². The number of fused-ring (bicyclic) bond motifs is 1. The highest BCUT2D eigenvalue weighted by atomic mass is 32.1. The quantitative estimate of drug-likeness (QED) is 0.518. The zero-order chi connectivity index (χ0) is 19.7. The van der Waals surface area contributed by atoms with Crippen molar-refractivity contribution in [1.29, 1.82) is 0 Å². The smallest absolute Gasteiger partial charge is 0.278 e. The fourth-order valence-corrected chi connectivity index (χ4v) is 4.03. The number of aromatic nitrogens is 4. The third-order valence-electron chi connectivity index (χ3n) is 4.47. The average molecular weight is 393 g/mol. The summed E-state index contributed by atoms with van der Waals surface area (Å²) in [6, 6.07) is 11.2. The maximum atomic E-state index is 13.3. The van der Waals surface area contributed by atoms with Gasteiger partial charge in [0.1, 0.15) is 17.0 Å². The molecule has 0 spiro atoms. The number of rotatable bonds is 5. The third-order valence-corrected chi connectivity index (χ3v) is 5.69. The van der Waals surface area contributed by atoms with E-state index >= 15 is 0 Å². The maximum absolute atomic E-state index is 13.3. The second-order valence-corrected chi connectivity index (χ2v) is 7.29. The molecule has 0 unspecified atom stereocenters. The number of thiazole rings is 1. The van der Waals surface area contributed by atoms with Crippen molar-refractivity contribution >= 4 is 32.6 Å². The first-order chi connectivity index (χ1) is 13.6. The van der Waals surface area contributed by atoms with Gasteiger partial charge in [-0.05, 0) is 36.8 Å². The second-order valence-electron chi connectivity index (χ2n) is 6.31. The number of anilines is 1. The van der Waals surface area contributed by atoms with E-state index in [2.05, 4.69) is 10.1 Å². The number of methoxy groups -OCH3 is 1. The van der Waals surface area contributed by atoms with E-state index in [0.29, 0.717) is 23.1 Å². The molecule has 3 heterocycles. The van der Waals surface area contributed by atoms with Gasteiger partial charge in [0.2, 0.25) is 0 Å². The van der Waals surface area contributed by atoms with Gasteiger partial charge in [-0.1, -0.05) is 23.5 Å². The molecule has 0 fully saturated rings.